The van der Waals surface area contributed by atoms with Gasteiger partial charge in [-0.15, -0.1) is 0 Å². The molecular weight excluding hydrogens is 421 g/mol. The Hall–Kier alpha value is -2.91. The predicted molar refractivity (Wildman–Crippen MR) is 111 cm³/mol. The third-order valence-electron chi connectivity index (χ3n) is 7.60. The van der Waals surface area contributed by atoms with E-state index in [1.165, 1.54) is 6.20 Å². The van der Waals surface area contributed by atoms with Crippen LogP contribution in [0.3, 0.4) is 0 Å². The number of carbonyl (C=O) groups is 1. The summed E-state index contributed by atoms with van der Waals surface area (Å²) in [5.41, 5.74) is 6.09. The molecule has 2 aliphatic carbocycles. The van der Waals surface area contributed by atoms with Gasteiger partial charge in [-0.05, 0) is 42.7 Å². The topological polar surface area (TPSA) is 88.2 Å². The van der Waals surface area contributed by atoms with Crippen molar-refractivity contribution in [3.05, 3.63) is 29.6 Å². The van der Waals surface area contributed by atoms with E-state index in [1.54, 1.807) is 13.0 Å². The van der Waals surface area contributed by atoms with E-state index >= 15 is 0 Å². The Balaban J connectivity index is 1.38. The van der Waals surface area contributed by atoms with Crippen molar-refractivity contribution < 1.29 is 18.0 Å². The monoisotopic (exact) mass is 444 g/mol. The van der Waals surface area contributed by atoms with Crippen LogP contribution in [0.2, 0.25) is 0 Å². The third-order valence-corrected chi connectivity index (χ3v) is 7.60. The van der Waals surface area contributed by atoms with E-state index in [0.29, 0.717) is 48.5 Å². The number of carbonyl (C=O) groups excluding carboxylic acids is 1. The highest BCUT2D eigenvalue weighted by molar-refractivity contribution is 5.74. The molecule has 5 fully saturated rings. The Morgan fingerprint density at radius 1 is 1.12 bits per heavy atom. The first-order chi connectivity index (χ1) is 15.2. The van der Waals surface area contributed by atoms with Gasteiger partial charge in [-0.25, -0.2) is 15.0 Å². The van der Waals surface area contributed by atoms with Crippen LogP contribution in [0.4, 0.5) is 24.9 Å². The van der Waals surface area contributed by atoms with E-state index < -0.39 is 17.6 Å². The zero-order chi connectivity index (χ0) is 22.4. The summed E-state index contributed by atoms with van der Waals surface area (Å²) in [7, 11) is 0. The number of nitrogens with two attached hydrogens (primary N) is 1. The number of nitrogens with zero attached hydrogens (tertiary/aromatic N) is 5. The standard InChI is InChI=1S/C22H23F3N6O/c1-10(32)30-8-14-15(9-30)19(14)18-5-17(12-4-16(22(23,24)25)20(26)27-6-12)28-21(29-18)31-7-11-2-13(31)3-11/h4-6,11,13-15,19H,2-3,7-9H2,1H3,(H2,26,27)/t11?,13?,14-,15+,19?. The first-order valence-corrected chi connectivity index (χ1v) is 10.9. The number of nitrogen functional groups attached to an aromatic ring is 1. The highest BCUT2D eigenvalue weighted by Gasteiger charge is 2.58. The number of likely N-dealkylation sites (tertiary alicyclic amines) is 1. The first kappa shape index (κ1) is 19.8. The number of aromatic nitrogens is 3. The molecule has 10 heteroatoms. The van der Waals surface area contributed by atoms with Crippen molar-refractivity contribution in [3.63, 3.8) is 0 Å². The average Bonchev–Trinajstić information content (AvgIpc) is 3.13. The Morgan fingerprint density at radius 3 is 2.44 bits per heavy atom. The summed E-state index contributed by atoms with van der Waals surface area (Å²) in [6, 6.07) is 3.22. The molecule has 7 rings (SSSR count). The number of anilines is 2. The lowest BCUT2D eigenvalue weighted by Gasteiger charge is -2.26. The zero-order valence-corrected chi connectivity index (χ0v) is 17.5. The maximum atomic E-state index is 13.4. The molecule has 2 saturated carbocycles. The van der Waals surface area contributed by atoms with Crippen LogP contribution in [0.15, 0.2) is 18.3 Å². The summed E-state index contributed by atoms with van der Waals surface area (Å²) >= 11 is 0. The van der Waals surface area contributed by atoms with Crippen molar-refractivity contribution >= 4 is 17.7 Å². The Morgan fingerprint density at radius 2 is 1.84 bits per heavy atom. The number of amides is 1. The van der Waals surface area contributed by atoms with Gasteiger partial charge >= 0.3 is 6.18 Å². The number of alkyl halides is 3. The van der Waals surface area contributed by atoms with Gasteiger partial charge < -0.3 is 15.5 Å². The summed E-state index contributed by atoms with van der Waals surface area (Å²) in [6.07, 6.45) is -1.01. The van der Waals surface area contributed by atoms with E-state index in [9.17, 15) is 18.0 Å². The number of fused-ring (bicyclic) bond motifs is 2. The van der Waals surface area contributed by atoms with E-state index in [2.05, 4.69) is 14.9 Å². The summed E-state index contributed by atoms with van der Waals surface area (Å²) in [6.45, 7) is 3.87. The average molecular weight is 444 g/mol. The number of piperidine rings is 1. The minimum absolute atomic E-state index is 0.0736. The van der Waals surface area contributed by atoms with Gasteiger partial charge in [-0.1, -0.05) is 0 Å². The maximum Gasteiger partial charge on any atom is 0.419 e. The SMILES string of the molecule is CC(=O)N1C[C@@H]2C(c3cc(-c4cnc(N)c(C(F)(F)F)c4)nc(N4CC5CC4C5)n3)[C@@H]2C1. The smallest absolute Gasteiger partial charge is 0.383 e. The van der Waals surface area contributed by atoms with Crippen molar-refractivity contribution in [2.45, 2.75) is 37.9 Å². The zero-order valence-electron chi connectivity index (χ0n) is 17.5. The molecule has 0 radical (unpaired) electrons. The molecule has 7 nitrogen and oxygen atoms in total. The summed E-state index contributed by atoms with van der Waals surface area (Å²) in [5.74, 6) is 1.65. The largest absolute Gasteiger partial charge is 0.419 e. The summed E-state index contributed by atoms with van der Waals surface area (Å²) in [4.78, 5) is 29.0. The molecule has 2 aromatic rings. The van der Waals surface area contributed by atoms with Gasteiger partial charge in [0.2, 0.25) is 11.9 Å². The Kier molecular flexibility index (Phi) is 4.04. The minimum Gasteiger partial charge on any atom is -0.383 e. The Labute approximate surface area is 182 Å². The number of hydrogen-bond donors (Lipinski definition) is 1. The van der Waals surface area contributed by atoms with Crippen molar-refractivity contribution in [3.8, 4) is 11.3 Å². The van der Waals surface area contributed by atoms with Gasteiger partial charge in [0.1, 0.15) is 5.82 Å². The summed E-state index contributed by atoms with van der Waals surface area (Å²) in [5, 5.41) is 0. The van der Waals surface area contributed by atoms with Crippen molar-refractivity contribution in [1.82, 2.24) is 19.9 Å². The molecule has 5 aliphatic rings. The molecule has 0 aromatic carbocycles. The van der Waals surface area contributed by atoms with Crippen LogP contribution < -0.4 is 10.6 Å². The molecule has 0 spiro atoms. The fourth-order valence-electron chi connectivity index (χ4n) is 5.74. The van der Waals surface area contributed by atoms with Crippen LogP contribution in [-0.2, 0) is 11.0 Å². The molecule has 1 unspecified atom stereocenters. The van der Waals surface area contributed by atoms with Crippen LogP contribution in [0.5, 0.6) is 0 Å². The van der Waals surface area contributed by atoms with E-state index in [1.807, 2.05) is 4.90 Å². The molecule has 168 valence electrons. The second-order valence-electron chi connectivity index (χ2n) is 9.55. The molecule has 2 N–H and O–H groups in total. The molecule has 32 heavy (non-hydrogen) atoms. The third kappa shape index (κ3) is 3.02. The molecular formula is C22H23F3N6O. The van der Waals surface area contributed by atoms with Crippen LogP contribution >= 0.6 is 0 Å². The lowest BCUT2D eigenvalue weighted by Crippen LogP contribution is -2.30. The predicted octanol–water partition coefficient (Wildman–Crippen LogP) is 2.93. The van der Waals surface area contributed by atoms with E-state index in [4.69, 9.17) is 10.7 Å². The van der Waals surface area contributed by atoms with Gasteiger partial charge in [0.15, 0.2) is 0 Å². The number of hydrogen-bond acceptors (Lipinski definition) is 6. The van der Waals surface area contributed by atoms with Gasteiger partial charge in [0.25, 0.3) is 0 Å². The Bertz CT molecular complexity index is 1100. The quantitative estimate of drug-likeness (QED) is 0.783. The first-order valence-electron chi connectivity index (χ1n) is 10.9. The van der Waals surface area contributed by atoms with Gasteiger partial charge in [-0.2, -0.15) is 13.2 Å². The minimum atomic E-state index is -4.59. The van der Waals surface area contributed by atoms with Crippen molar-refractivity contribution in [2.24, 2.45) is 17.8 Å². The van der Waals surface area contributed by atoms with Crippen LogP contribution in [0.25, 0.3) is 11.3 Å². The summed E-state index contributed by atoms with van der Waals surface area (Å²) < 4.78 is 40.2. The van der Waals surface area contributed by atoms with Crippen LogP contribution in [0.1, 0.15) is 36.9 Å². The van der Waals surface area contributed by atoms with Crippen LogP contribution in [-0.4, -0.2) is 51.4 Å². The normalized spacial score (nSPS) is 30.3. The van der Waals surface area contributed by atoms with E-state index in [0.717, 1.165) is 31.1 Å². The van der Waals surface area contributed by atoms with E-state index in [-0.39, 0.29) is 17.4 Å². The molecule has 3 atom stereocenters. The molecule has 2 aromatic heterocycles. The molecule has 3 saturated heterocycles. The van der Waals surface area contributed by atoms with Gasteiger partial charge in [-0.3, -0.25) is 4.79 Å². The lowest BCUT2D eigenvalue weighted by atomic mass is 9.86. The number of rotatable bonds is 3. The molecule has 2 bridgehead atoms. The van der Waals surface area contributed by atoms with Crippen molar-refractivity contribution in [2.75, 3.05) is 30.3 Å². The maximum absolute atomic E-state index is 13.4. The molecule has 5 heterocycles. The molecule has 3 aliphatic heterocycles. The second-order valence-corrected chi connectivity index (χ2v) is 9.55. The van der Waals surface area contributed by atoms with Crippen LogP contribution in [0, 0.1) is 17.8 Å². The number of pyridine rings is 1. The second kappa shape index (κ2) is 6.55. The highest BCUT2D eigenvalue weighted by Crippen LogP contribution is 2.58. The number of halogens is 3. The van der Waals surface area contributed by atoms with Gasteiger partial charge in [0, 0.05) is 50.3 Å². The highest BCUT2D eigenvalue weighted by atomic mass is 19.4. The fraction of sp³-hybridized carbons (Fsp3) is 0.545. The van der Waals surface area contributed by atoms with Crippen molar-refractivity contribution in [1.29, 1.82) is 0 Å². The lowest BCUT2D eigenvalue weighted by molar-refractivity contribution is -0.137. The molecule has 1 amide bonds. The fourth-order valence-corrected chi connectivity index (χ4v) is 5.74. The van der Waals surface area contributed by atoms with Gasteiger partial charge in [0.05, 0.1) is 17.0 Å².